The van der Waals surface area contributed by atoms with Crippen LogP contribution in [0, 0.1) is 12.8 Å². The highest BCUT2D eigenvalue weighted by Gasteiger charge is 2.30. The highest BCUT2D eigenvalue weighted by molar-refractivity contribution is 5.94. The quantitative estimate of drug-likeness (QED) is 0.858. The van der Waals surface area contributed by atoms with Crippen LogP contribution in [0.4, 0.5) is 0 Å². The molecular weight excluding hydrogens is 230 g/mol. The van der Waals surface area contributed by atoms with Crippen molar-refractivity contribution in [3.63, 3.8) is 0 Å². The summed E-state index contributed by atoms with van der Waals surface area (Å²) in [6.45, 7) is 1.94. The first-order valence-corrected chi connectivity index (χ1v) is 6.16. The maximum Gasteiger partial charge on any atom is 0.306 e. The number of hydrogen-bond acceptors (Lipinski definition) is 2. The Morgan fingerprint density at radius 2 is 2.11 bits per heavy atom. The van der Waals surface area contributed by atoms with Gasteiger partial charge in [0.25, 0.3) is 5.91 Å². The molecule has 1 amide bonds. The Morgan fingerprint density at radius 3 is 2.72 bits per heavy atom. The zero-order valence-corrected chi connectivity index (χ0v) is 10.3. The number of benzene rings is 1. The van der Waals surface area contributed by atoms with Gasteiger partial charge < -0.3 is 10.4 Å². The Kier molecular flexibility index (Phi) is 3.65. The lowest BCUT2D eigenvalue weighted by atomic mass is 10.1. The molecular formula is C14H17NO3. The number of carbonyl (C=O) groups is 2. The van der Waals surface area contributed by atoms with Crippen LogP contribution in [-0.4, -0.2) is 23.0 Å². The first-order valence-electron chi connectivity index (χ1n) is 6.16. The average molecular weight is 247 g/mol. The predicted molar refractivity (Wildman–Crippen MR) is 67.4 cm³/mol. The zero-order chi connectivity index (χ0) is 13.1. The summed E-state index contributed by atoms with van der Waals surface area (Å²) in [6, 6.07) is 7.37. The minimum atomic E-state index is -0.762. The Labute approximate surface area is 106 Å². The van der Waals surface area contributed by atoms with E-state index >= 15 is 0 Å². The van der Waals surface area contributed by atoms with Gasteiger partial charge in [-0.3, -0.25) is 9.59 Å². The first-order chi connectivity index (χ1) is 8.56. The summed E-state index contributed by atoms with van der Waals surface area (Å²) in [5.41, 5.74) is 1.67. The number of carbonyl (C=O) groups excluding carboxylic acids is 1. The van der Waals surface area contributed by atoms with Crippen molar-refractivity contribution >= 4 is 11.9 Å². The standard InChI is InChI=1S/C14H17NO3/c1-9-3-2-4-10(7-9)13(16)15-12-6-5-11(8-12)14(17)18/h2-4,7,11-12H,5-6,8H2,1H3,(H,15,16)(H,17,18)/t11-,12+/m0/s1. The van der Waals surface area contributed by atoms with Gasteiger partial charge in [-0.15, -0.1) is 0 Å². The Morgan fingerprint density at radius 1 is 1.33 bits per heavy atom. The van der Waals surface area contributed by atoms with Gasteiger partial charge in [0.2, 0.25) is 0 Å². The third-order valence-corrected chi connectivity index (χ3v) is 3.40. The second kappa shape index (κ2) is 5.21. The lowest BCUT2D eigenvalue weighted by molar-refractivity contribution is -0.141. The first kappa shape index (κ1) is 12.6. The fourth-order valence-corrected chi connectivity index (χ4v) is 2.39. The second-order valence-corrected chi connectivity index (χ2v) is 4.89. The molecule has 1 saturated carbocycles. The number of rotatable bonds is 3. The molecule has 4 nitrogen and oxygen atoms in total. The maximum absolute atomic E-state index is 12.0. The minimum absolute atomic E-state index is 0.0147. The Hall–Kier alpha value is -1.84. The van der Waals surface area contributed by atoms with Gasteiger partial charge in [-0.1, -0.05) is 17.7 Å². The number of amides is 1. The van der Waals surface area contributed by atoms with Crippen LogP contribution in [0.25, 0.3) is 0 Å². The highest BCUT2D eigenvalue weighted by Crippen LogP contribution is 2.25. The maximum atomic E-state index is 12.0. The molecule has 1 aromatic carbocycles. The van der Waals surface area contributed by atoms with Crippen molar-refractivity contribution in [2.75, 3.05) is 0 Å². The summed E-state index contributed by atoms with van der Waals surface area (Å²) >= 11 is 0. The van der Waals surface area contributed by atoms with Crippen LogP contribution in [-0.2, 0) is 4.79 Å². The van der Waals surface area contributed by atoms with Crippen LogP contribution in [0.15, 0.2) is 24.3 Å². The smallest absolute Gasteiger partial charge is 0.306 e. The van der Waals surface area contributed by atoms with E-state index in [0.717, 1.165) is 12.0 Å². The molecule has 0 radical (unpaired) electrons. The fourth-order valence-electron chi connectivity index (χ4n) is 2.39. The van der Waals surface area contributed by atoms with Gasteiger partial charge in [0.15, 0.2) is 0 Å². The summed E-state index contributed by atoms with van der Waals surface area (Å²) in [5.74, 6) is -1.19. The molecule has 1 fully saturated rings. The van der Waals surface area contributed by atoms with Crippen molar-refractivity contribution in [1.29, 1.82) is 0 Å². The molecule has 1 aliphatic carbocycles. The van der Waals surface area contributed by atoms with Gasteiger partial charge in [-0.05, 0) is 38.3 Å². The van der Waals surface area contributed by atoms with E-state index in [4.69, 9.17) is 5.11 Å². The Bertz CT molecular complexity index is 470. The van der Waals surface area contributed by atoms with E-state index < -0.39 is 5.97 Å². The topological polar surface area (TPSA) is 66.4 Å². The average Bonchev–Trinajstić information content (AvgIpc) is 2.77. The number of aryl methyl sites for hydroxylation is 1. The van der Waals surface area contributed by atoms with Crippen LogP contribution in [0.1, 0.15) is 35.2 Å². The molecule has 0 spiro atoms. The molecule has 0 heterocycles. The molecule has 1 aromatic rings. The third kappa shape index (κ3) is 2.88. The van der Waals surface area contributed by atoms with Gasteiger partial charge in [0.05, 0.1) is 5.92 Å². The number of carboxylic acid groups (broad SMARTS) is 1. The van der Waals surface area contributed by atoms with E-state index in [0.29, 0.717) is 18.4 Å². The van der Waals surface area contributed by atoms with E-state index in [9.17, 15) is 9.59 Å². The van der Waals surface area contributed by atoms with Crippen molar-refractivity contribution < 1.29 is 14.7 Å². The molecule has 1 aliphatic rings. The summed E-state index contributed by atoms with van der Waals surface area (Å²) in [4.78, 5) is 22.8. The van der Waals surface area contributed by atoms with Crippen molar-refractivity contribution in [3.8, 4) is 0 Å². The number of aliphatic carboxylic acids is 1. The van der Waals surface area contributed by atoms with E-state index in [1.807, 2.05) is 25.1 Å². The van der Waals surface area contributed by atoms with Gasteiger partial charge in [0.1, 0.15) is 0 Å². The number of carboxylic acids is 1. The van der Waals surface area contributed by atoms with Crippen LogP contribution >= 0.6 is 0 Å². The van der Waals surface area contributed by atoms with Crippen molar-refractivity contribution in [3.05, 3.63) is 35.4 Å². The summed E-state index contributed by atoms with van der Waals surface area (Å²) in [5, 5.41) is 11.8. The summed E-state index contributed by atoms with van der Waals surface area (Å²) in [6.07, 6.45) is 1.93. The van der Waals surface area contributed by atoms with Crippen molar-refractivity contribution in [2.45, 2.75) is 32.2 Å². The molecule has 18 heavy (non-hydrogen) atoms. The van der Waals surface area contributed by atoms with Crippen LogP contribution in [0.5, 0.6) is 0 Å². The van der Waals surface area contributed by atoms with Crippen LogP contribution in [0.3, 0.4) is 0 Å². The van der Waals surface area contributed by atoms with Gasteiger partial charge >= 0.3 is 5.97 Å². The molecule has 2 N–H and O–H groups in total. The highest BCUT2D eigenvalue weighted by atomic mass is 16.4. The lowest BCUT2D eigenvalue weighted by Gasteiger charge is -2.12. The van der Waals surface area contributed by atoms with Crippen molar-refractivity contribution in [1.82, 2.24) is 5.32 Å². The van der Waals surface area contributed by atoms with E-state index in [-0.39, 0.29) is 17.9 Å². The largest absolute Gasteiger partial charge is 0.481 e. The van der Waals surface area contributed by atoms with Gasteiger partial charge in [-0.25, -0.2) is 0 Å². The Balaban J connectivity index is 1.95. The van der Waals surface area contributed by atoms with E-state index in [1.54, 1.807) is 6.07 Å². The lowest BCUT2D eigenvalue weighted by Crippen LogP contribution is -2.33. The van der Waals surface area contributed by atoms with Crippen LogP contribution < -0.4 is 5.32 Å². The minimum Gasteiger partial charge on any atom is -0.481 e. The number of nitrogens with one attached hydrogen (secondary N) is 1. The van der Waals surface area contributed by atoms with E-state index in [1.165, 1.54) is 0 Å². The molecule has 4 heteroatoms. The molecule has 2 rings (SSSR count). The summed E-state index contributed by atoms with van der Waals surface area (Å²) in [7, 11) is 0. The third-order valence-electron chi connectivity index (χ3n) is 3.40. The normalized spacial score (nSPS) is 22.7. The molecule has 0 aliphatic heterocycles. The molecule has 2 atom stereocenters. The van der Waals surface area contributed by atoms with Gasteiger partial charge in [0, 0.05) is 11.6 Å². The molecule has 0 aromatic heterocycles. The fraction of sp³-hybridized carbons (Fsp3) is 0.429. The monoisotopic (exact) mass is 247 g/mol. The molecule has 96 valence electrons. The van der Waals surface area contributed by atoms with Crippen molar-refractivity contribution in [2.24, 2.45) is 5.92 Å². The predicted octanol–water partition coefficient (Wildman–Crippen LogP) is 1.98. The molecule has 0 saturated heterocycles. The SMILES string of the molecule is Cc1cccc(C(=O)N[C@@H]2CC[C@H](C(=O)O)C2)c1. The van der Waals surface area contributed by atoms with E-state index in [2.05, 4.69) is 5.32 Å². The molecule has 0 unspecified atom stereocenters. The summed E-state index contributed by atoms with van der Waals surface area (Å²) < 4.78 is 0. The zero-order valence-electron chi connectivity index (χ0n) is 10.3. The molecule has 0 bridgehead atoms. The number of hydrogen-bond donors (Lipinski definition) is 2. The van der Waals surface area contributed by atoms with Gasteiger partial charge in [-0.2, -0.15) is 0 Å². The van der Waals surface area contributed by atoms with Crippen LogP contribution in [0.2, 0.25) is 0 Å². The second-order valence-electron chi connectivity index (χ2n) is 4.89.